The summed E-state index contributed by atoms with van der Waals surface area (Å²) in [5.74, 6) is 0.520. The Morgan fingerprint density at radius 3 is 2.32 bits per heavy atom. The van der Waals surface area contributed by atoms with Crippen molar-refractivity contribution in [3.8, 4) is 0 Å². The van der Waals surface area contributed by atoms with Crippen molar-refractivity contribution < 1.29 is 4.79 Å². The van der Waals surface area contributed by atoms with Gasteiger partial charge in [-0.25, -0.2) is 0 Å². The summed E-state index contributed by atoms with van der Waals surface area (Å²) in [6, 6.07) is 12.1. The van der Waals surface area contributed by atoms with E-state index in [2.05, 4.69) is 45.9 Å². The standard InChI is InChI=1S/C17H19NO/c1-11(2)17(3,4)18-14-10-6-8-12-7-5-9-13(15(12)14)16(18)19/h5-11H,1-4H3. The Morgan fingerprint density at radius 1 is 1.05 bits per heavy atom. The number of carbonyl (C=O) groups is 1. The van der Waals surface area contributed by atoms with Crippen LogP contribution in [-0.4, -0.2) is 11.4 Å². The van der Waals surface area contributed by atoms with Crippen LogP contribution < -0.4 is 4.90 Å². The second-order valence-corrected chi connectivity index (χ2v) is 6.13. The molecule has 0 saturated carbocycles. The van der Waals surface area contributed by atoms with Gasteiger partial charge in [-0.3, -0.25) is 4.79 Å². The molecule has 0 N–H and O–H groups in total. The van der Waals surface area contributed by atoms with E-state index in [1.807, 2.05) is 23.1 Å². The van der Waals surface area contributed by atoms with Crippen LogP contribution in [0.3, 0.4) is 0 Å². The first-order chi connectivity index (χ1) is 8.94. The van der Waals surface area contributed by atoms with E-state index < -0.39 is 0 Å². The van der Waals surface area contributed by atoms with E-state index in [-0.39, 0.29) is 11.4 Å². The number of hydrogen-bond donors (Lipinski definition) is 0. The Morgan fingerprint density at radius 2 is 1.68 bits per heavy atom. The summed E-state index contributed by atoms with van der Waals surface area (Å²) < 4.78 is 0. The van der Waals surface area contributed by atoms with Crippen molar-refractivity contribution in [3.63, 3.8) is 0 Å². The van der Waals surface area contributed by atoms with Crippen LogP contribution in [0, 0.1) is 5.92 Å². The highest BCUT2D eigenvalue weighted by Crippen LogP contribution is 2.42. The Bertz CT molecular complexity index is 665. The third-order valence-electron chi connectivity index (χ3n) is 4.55. The number of anilines is 1. The van der Waals surface area contributed by atoms with Crippen LogP contribution in [0.2, 0.25) is 0 Å². The number of nitrogens with zero attached hydrogens (tertiary/aromatic N) is 1. The van der Waals surface area contributed by atoms with Crippen LogP contribution in [-0.2, 0) is 0 Å². The number of amides is 1. The predicted molar refractivity (Wildman–Crippen MR) is 79.7 cm³/mol. The molecule has 98 valence electrons. The molecule has 3 rings (SSSR count). The first-order valence-electron chi connectivity index (χ1n) is 6.81. The third kappa shape index (κ3) is 1.52. The van der Waals surface area contributed by atoms with Crippen LogP contribution in [0.15, 0.2) is 36.4 Å². The Labute approximate surface area is 114 Å². The molecule has 0 fully saturated rings. The lowest BCUT2D eigenvalue weighted by atomic mass is 9.88. The maximum absolute atomic E-state index is 12.8. The van der Waals surface area contributed by atoms with Crippen LogP contribution >= 0.6 is 0 Å². The highest BCUT2D eigenvalue weighted by Gasteiger charge is 2.40. The first-order valence-corrected chi connectivity index (χ1v) is 6.81. The van der Waals surface area contributed by atoms with E-state index in [1.165, 1.54) is 0 Å². The molecule has 0 spiro atoms. The van der Waals surface area contributed by atoms with Crippen LogP contribution in [0.25, 0.3) is 10.8 Å². The second-order valence-electron chi connectivity index (χ2n) is 6.13. The quantitative estimate of drug-likeness (QED) is 0.784. The van der Waals surface area contributed by atoms with Gasteiger partial charge in [-0.05, 0) is 37.3 Å². The van der Waals surface area contributed by atoms with Crippen molar-refractivity contribution in [1.82, 2.24) is 0 Å². The minimum absolute atomic E-state index is 0.130. The van der Waals surface area contributed by atoms with Crippen LogP contribution in [0.5, 0.6) is 0 Å². The van der Waals surface area contributed by atoms with Gasteiger partial charge in [-0.15, -0.1) is 0 Å². The van der Waals surface area contributed by atoms with E-state index >= 15 is 0 Å². The van der Waals surface area contributed by atoms with Crippen molar-refractivity contribution in [2.45, 2.75) is 33.2 Å². The molecule has 0 saturated heterocycles. The van der Waals surface area contributed by atoms with E-state index in [1.54, 1.807) is 0 Å². The molecule has 0 bridgehead atoms. The summed E-state index contributed by atoms with van der Waals surface area (Å²) in [6.45, 7) is 8.60. The molecule has 0 unspecified atom stereocenters. The molecule has 0 atom stereocenters. The molecule has 1 aliphatic heterocycles. The SMILES string of the molecule is CC(C)C(C)(C)N1C(=O)c2cccc3cccc1c23. The van der Waals surface area contributed by atoms with Crippen molar-refractivity contribution in [2.75, 3.05) is 4.90 Å². The molecule has 0 radical (unpaired) electrons. The van der Waals surface area contributed by atoms with Crippen molar-refractivity contribution >= 4 is 22.4 Å². The number of hydrogen-bond acceptors (Lipinski definition) is 1. The van der Waals surface area contributed by atoms with E-state index in [4.69, 9.17) is 0 Å². The smallest absolute Gasteiger partial charge is 0.259 e. The zero-order chi connectivity index (χ0) is 13.8. The van der Waals surface area contributed by atoms with Crippen LogP contribution in [0.4, 0.5) is 5.69 Å². The fourth-order valence-electron chi connectivity index (χ4n) is 2.75. The van der Waals surface area contributed by atoms with Gasteiger partial charge >= 0.3 is 0 Å². The third-order valence-corrected chi connectivity index (χ3v) is 4.55. The number of benzene rings is 2. The second kappa shape index (κ2) is 3.83. The van der Waals surface area contributed by atoms with Crippen molar-refractivity contribution in [2.24, 2.45) is 5.92 Å². The maximum Gasteiger partial charge on any atom is 0.259 e. The predicted octanol–water partition coefficient (Wildman–Crippen LogP) is 4.23. The lowest BCUT2D eigenvalue weighted by molar-refractivity contribution is 0.0956. The molecule has 1 heterocycles. The summed E-state index contributed by atoms with van der Waals surface area (Å²) >= 11 is 0. The maximum atomic E-state index is 12.8. The first kappa shape index (κ1) is 12.2. The Kier molecular flexibility index (Phi) is 2.46. The van der Waals surface area contributed by atoms with Gasteiger partial charge in [0.2, 0.25) is 0 Å². The zero-order valence-electron chi connectivity index (χ0n) is 11.9. The molecular weight excluding hydrogens is 234 g/mol. The minimum atomic E-state index is -0.190. The van der Waals surface area contributed by atoms with Gasteiger partial charge in [0.05, 0.1) is 5.69 Å². The van der Waals surface area contributed by atoms with E-state index in [0.29, 0.717) is 5.92 Å². The lowest BCUT2D eigenvalue weighted by Gasteiger charge is -2.39. The fraction of sp³-hybridized carbons (Fsp3) is 0.353. The van der Waals surface area contributed by atoms with Gasteiger partial charge in [0.1, 0.15) is 0 Å². The molecular formula is C17H19NO. The molecule has 0 aromatic heterocycles. The van der Waals surface area contributed by atoms with Gasteiger partial charge in [0, 0.05) is 16.5 Å². The van der Waals surface area contributed by atoms with E-state index in [0.717, 1.165) is 22.0 Å². The van der Waals surface area contributed by atoms with E-state index in [9.17, 15) is 4.79 Å². The summed E-state index contributed by atoms with van der Waals surface area (Å²) in [5.41, 5.74) is 1.70. The minimum Gasteiger partial charge on any atom is -0.302 e. The van der Waals surface area contributed by atoms with Gasteiger partial charge in [0.25, 0.3) is 5.91 Å². The molecule has 2 aromatic rings. The number of carbonyl (C=O) groups excluding carboxylic acids is 1. The highest BCUT2D eigenvalue weighted by atomic mass is 16.2. The van der Waals surface area contributed by atoms with Crippen molar-refractivity contribution in [1.29, 1.82) is 0 Å². The summed E-state index contributed by atoms with van der Waals surface area (Å²) in [4.78, 5) is 14.7. The van der Waals surface area contributed by atoms with Gasteiger partial charge in [-0.1, -0.05) is 38.1 Å². The molecule has 2 heteroatoms. The lowest BCUT2D eigenvalue weighted by Crippen LogP contribution is -2.49. The Hall–Kier alpha value is -1.83. The molecule has 0 aliphatic carbocycles. The molecule has 2 aromatic carbocycles. The molecule has 1 amide bonds. The van der Waals surface area contributed by atoms with Crippen LogP contribution in [0.1, 0.15) is 38.1 Å². The average Bonchev–Trinajstić information content (AvgIpc) is 2.66. The summed E-state index contributed by atoms with van der Waals surface area (Å²) in [7, 11) is 0. The zero-order valence-corrected chi connectivity index (χ0v) is 11.9. The summed E-state index contributed by atoms with van der Waals surface area (Å²) in [5, 5.41) is 2.24. The average molecular weight is 253 g/mol. The number of rotatable bonds is 2. The molecule has 2 nitrogen and oxygen atoms in total. The molecule has 1 aliphatic rings. The summed E-state index contributed by atoms with van der Waals surface area (Å²) in [6.07, 6.45) is 0. The monoisotopic (exact) mass is 253 g/mol. The van der Waals surface area contributed by atoms with Gasteiger partial charge < -0.3 is 4.90 Å². The Balaban J connectivity index is 2.30. The van der Waals surface area contributed by atoms with Crippen molar-refractivity contribution in [3.05, 3.63) is 42.0 Å². The topological polar surface area (TPSA) is 20.3 Å². The molecule has 19 heavy (non-hydrogen) atoms. The largest absolute Gasteiger partial charge is 0.302 e. The normalized spacial score (nSPS) is 14.8. The van der Waals surface area contributed by atoms with Gasteiger partial charge in [0.15, 0.2) is 0 Å². The fourth-order valence-corrected chi connectivity index (χ4v) is 2.75. The highest BCUT2D eigenvalue weighted by molar-refractivity contribution is 6.25. The van der Waals surface area contributed by atoms with Gasteiger partial charge in [-0.2, -0.15) is 0 Å².